The Hall–Kier alpha value is -1.62. The maximum Gasteiger partial charge on any atom is 0.319 e. The molecule has 1 rings (SSSR count). The average Bonchev–Trinajstić information content (AvgIpc) is 2.22. The molecule has 0 fully saturated rings. The molecule has 0 unspecified atom stereocenters. The fourth-order valence-electron chi connectivity index (χ4n) is 1.20. The molecule has 0 radical (unpaired) electrons. The normalized spacial score (nSPS) is 12.0. The van der Waals surface area contributed by atoms with Crippen LogP contribution in [0.1, 0.15) is 12.5 Å². The number of hydrogen-bond acceptors (Lipinski definition) is 2. The SMILES string of the molecule is Cc1cc(F)ccc1NC(=O)N[C@H](C)CO. The van der Waals surface area contributed by atoms with E-state index in [4.69, 9.17) is 5.11 Å². The Bertz CT molecular complexity index is 382. The third-order valence-electron chi connectivity index (χ3n) is 2.09. The summed E-state index contributed by atoms with van der Waals surface area (Å²) in [6.07, 6.45) is 0. The first-order valence-corrected chi connectivity index (χ1v) is 4.97. The predicted octanol–water partition coefficient (Wildman–Crippen LogP) is 1.64. The summed E-state index contributed by atoms with van der Waals surface area (Å²) in [7, 11) is 0. The van der Waals surface area contributed by atoms with E-state index in [2.05, 4.69) is 10.6 Å². The van der Waals surface area contributed by atoms with Gasteiger partial charge in [0.15, 0.2) is 0 Å². The Morgan fingerprint density at radius 2 is 2.25 bits per heavy atom. The second-order valence-electron chi connectivity index (χ2n) is 3.64. The van der Waals surface area contributed by atoms with Gasteiger partial charge in [0.1, 0.15) is 5.82 Å². The molecule has 2 amide bonds. The highest BCUT2D eigenvalue weighted by Crippen LogP contribution is 2.15. The van der Waals surface area contributed by atoms with Crippen molar-refractivity contribution in [2.45, 2.75) is 19.9 Å². The predicted molar refractivity (Wildman–Crippen MR) is 59.8 cm³/mol. The number of nitrogens with one attached hydrogen (secondary N) is 2. The highest BCUT2D eigenvalue weighted by molar-refractivity contribution is 5.90. The molecule has 0 aliphatic carbocycles. The van der Waals surface area contributed by atoms with Gasteiger partial charge in [0.05, 0.1) is 12.6 Å². The minimum absolute atomic E-state index is 0.129. The maximum atomic E-state index is 12.8. The number of halogens is 1. The lowest BCUT2D eigenvalue weighted by Gasteiger charge is -2.13. The van der Waals surface area contributed by atoms with E-state index in [1.807, 2.05) is 0 Å². The molecule has 0 spiro atoms. The summed E-state index contributed by atoms with van der Waals surface area (Å²) < 4.78 is 12.8. The number of aliphatic hydroxyl groups excluding tert-OH is 1. The van der Waals surface area contributed by atoms with Crippen molar-refractivity contribution in [3.8, 4) is 0 Å². The molecule has 0 aromatic heterocycles. The van der Waals surface area contributed by atoms with Gasteiger partial charge >= 0.3 is 6.03 Å². The van der Waals surface area contributed by atoms with Crippen molar-refractivity contribution in [3.05, 3.63) is 29.6 Å². The van der Waals surface area contributed by atoms with Crippen molar-refractivity contribution in [3.63, 3.8) is 0 Å². The summed E-state index contributed by atoms with van der Waals surface area (Å²) >= 11 is 0. The van der Waals surface area contributed by atoms with Gasteiger partial charge in [-0.2, -0.15) is 0 Å². The first-order valence-electron chi connectivity index (χ1n) is 4.97. The highest BCUT2D eigenvalue weighted by Gasteiger charge is 2.07. The summed E-state index contributed by atoms with van der Waals surface area (Å²) in [5.41, 5.74) is 1.19. The molecule has 16 heavy (non-hydrogen) atoms. The first-order chi connectivity index (χ1) is 7.52. The van der Waals surface area contributed by atoms with Crippen LogP contribution in [0.5, 0.6) is 0 Å². The van der Waals surface area contributed by atoms with Crippen molar-refractivity contribution in [1.29, 1.82) is 0 Å². The Balaban J connectivity index is 2.63. The maximum absolute atomic E-state index is 12.8. The zero-order chi connectivity index (χ0) is 12.1. The summed E-state index contributed by atoms with van der Waals surface area (Å²) in [5.74, 6) is -0.341. The average molecular weight is 226 g/mol. The highest BCUT2D eigenvalue weighted by atomic mass is 19.1. The Kier molecular flexibility index (Phi) is 4.25. The summed E-state index contributed by atoms with van der Waals surface area (Å²) in [5, 5.41) is 13.8. The van der Waals surface area contributed by atoms with Gasteiger partial charge < -0.3 is 15.7 Å². The van der Waals surface area contributed by atoms with Crippen molar-refractivity contribution in [2.75, 3.05) is 11.9 Å². The zero-order valence-corrected chi connectivity index (χ0v) is 9.25. The number of urea groups is 1. The Morgan fingerprint density at radius 1 is 1.56 bits per heavy atom. The second-order valence-corrected chi connectivity index (χ2v) is 3.64. The van der Waals surface area contributed by atoms with Crippen LogP contribution in [0, 0.1) is 12.7 Å². The Labute approximate surface area is 93.5 Å². The molecule has 0 heterocycles. The molecule has 5 heteroatoms. The molecule has 0 saturated heterocycles. The standard InChI is InChI=1S/C11H15FN2O2/c1-7-5-9(12)3-4-10(7)14-11(16)13-8(2)6-15/h3-5,8,15H,6H2,1-2H3,(H2,13,14,16)/t8-/m1/s1. The van der Waals surface area contributed by atoms with E-state index in [1.54, 1.807) is 13.8 Å². The van der Waals surface area contributed by atoms with Gasteiger partial charge in [-0.3, -0.25) is 0 Å². The third kappa shape index (κ3) is 3.51. The van der Waals surface area contributed by atoms with Crippen LogP contribution in [0.15, 0.2) is 18.2 Å². The minimum Gasteiger partial charge on any atom is -0.394 e. The van der Waals surface area contributed by atoms with Crippen LogP contribution >= 0.6 is 0 Å². The number of aliphatic hydroxyl groups is 1. The summed E-state index contributed by atoms with van der Waals surface area (Å²) in [6.45, 7) is 3.25. The quantitative estimate of drug-likeness (QED) is 0.733. The Morgan fingerprint density at radius 3 is 2.81 bits per heavy atom. The molecular weight excluding hydrogens is 211 g/mol. The minimum atomic E-state index is -0.420. The van der Waals surface area contributed by atoms with E-state index in [0.29, 0.717) is 11.3 Å². The topological polar surface area (TPSA) is 61.4 Å². The molecule has 0 aliphatic heterocycles. The third-order valence-corrected chi connectivity index (χ3v) is 2.09. The zero-order valence-electron chi connectivity index (χ0n) is 9.25. The van der Waals surface area contributed by atoms with E-state index in [1.165, 1.54) is 18.2 Å². The van der Waals surface area contributed by atoms with Gasteiger partial charge in [-0.25, -0.2) is 9.18 Å². The lowest BCUT2D eigenvalue weighted by molar-refractivity contribution is 0.229. The molecule has 1 atom stereocenters. The van der Waals surface area contributed by atoms with Gasteiger partial charge in [-0.1, -0.05) is 0 Å². The van der Waals surface area contributed by atoms with Crippen molar-refractivity contribution in [2.24, 2.45) is 0 Å². The largest absolute Gasteiger partial charge is 0.394 e. The molecule has 3 N–H and O–H groups in total. The molecule has 0 bridgehead atoms. The van der Waals surface area contributed by atoms with Crippen molar-refractivity contribution in [1.82, 2.24) is 5.32 Å². The fraction of sp³-hybridized carbons (Fsp3) is 0.364. The lowest BCUT2D eigenvalue weighted by atomic mass is 10.2. The van der Waals surface area contributed by atoms with Gasteiger partial charge in [-0.05, 0) is 37.6 Å². The number of hydrogen-bond donors (Lipinski definition) is 3. The molecule has 0 aliphatic rings. The molecule has 4 nitrogen and oxygen atoms in total. The van der Waals surface area contributed by atoms with Crippen LogP contribution in [0.3, 0.4) is 0 Å². The first kappa shape index (κ1) is 12.4. The van der Waals surface area contributed by atoms with Crippen LogP contribution in [0.4, 0.5) is 14.9 Å². The number of anilines is 1. The van der Waals surface area contributed by atoms with E-state index in [9.17, 15) is 9.18 Å². The monoisotopic (exact) mass is 226 g/mol. The smallest absolute Gasteiger partial charge is 0.319 e. The van der Waals surface area contributed by atoms with Crippen LogP contribution in [0.2, 0.25) is 0 Å². The summed E-state index contributed by atoms with van der Waals surface area (Å²) in [4.78, 5) is 11.4. The van der Waals surface area contributed by atoms with Crippen molar-refractivity contribution < 1.29 is 14.3 Å². The van der Waals surface area contributed by atoms with Gasteiger partial charge in [0.25, 0.3) is 0 Å². The van der Waals surface area contributed by atoms with E-state index in [-0.39, 0.29) is 18.5 Å². The number of carbonyl (C=O) groups excluding carboxylic acids is 1. The second kappa shape index (κ2) is 5.46. The molecule has 0 saturated carbocycles. The van der Waals surface area contributed by atoms with Gasteiger partial charge in [0.2, 0.25) is 0 Å². The molecule has 1 aromatic rings. The number of carbonyl (C=O) groups is 1. The van der Waals surface area contributed by atoms with E-state index < -0.39 is 6.03 Å². The van der Waals surface area contributed by atoms with Crippen LogP contribution in [-0.2, 0) is 0 Å². The van der Waals surface area contributed by atoms with Gasteiger partial charge in [0, 0.05) is 5.69 Å². The van der Waals surface area contributed by atoms with E-state index in [0.717, 1.165) is 0 Å². The van der Waals surface area contributed by atoms with Crippen LogP contribution in [-0.4, -0.2) is 23.8 Å². The van der Waals surface area contributed by atoms with Crippen LogP contribution in [0.25, 0.3) is 0 Å². The number of aryl methyl sites for hydroxylation is 1. The fourth-order valence-corrected chi connectivity index (χ4v) is 1.20. The molecular formula is C11H15FN2O2. The van der Waals surface area contributed by atoms with Crippen molar-refractivity contribution >= 4 is 11.7 Å². The lowest BCUT2D eigenvalue weighted by Crippen LogP contribution is -2.38. The molecule has 1 aromatic carbocycles. The van der Waals surface area contributed by atoms with Crippen LogP contribution < -0.4 is 10.6 Å². The number of amides is 2. The van der Waals surface area contributed by atoms with E-state index >= 15 is 0 Å². The molecule has 88 valence electrons. The number of benzene rings is 1. The number of rotatable bonds is 3. The summed E-state index contributed by atoms with van der Waals surface area (Å²) in [6, 6.07) is 3.37. The van der Waals surface area contributed by atoms with Gasteiger partial charge in [-0.15, -0.1) is 0 Å².